The van der Waals surface area contributed by atoms with Crippen LogP contribution in [0.15, 0.2) is 28.6 Å². The van der Waals surface area contributed by atoms with Gasteiger partial charge in [0.05, 0.1) is 18.3 Å². The molecule has 3 aromatic heterocycles. The number of aryl methyl sites for hydroxylation is 1. The third-order valence-corrected chi connectivity index (χ3v) is 5.99. The average Bonchev–Trinajstić information content (AvgIpc) is 3.17. The van der Waals surface area contributed by atoms with Crippen molar-refractivity contribution >= 4 is 33.3 Å². The Balaban J connectivity index is 1.63. The van der Waals surface area contributed by atoms with Crippen molar-refractivity contribution in [1.29, 1.82) is 0 Å². The van der Waals surface area contributed by atoms with E-state index in [-0.39, 0.29) is 5.56 Å². The lowest BCUT2D eigenvalue weighted by Gasteiger charge is -2.34. The van der Waals surface area contributed by atoms with Gasteiger partial charge >= 0.3 is 0 Å². The maximum atomic E-state index is 12.1. The van der Waals surface area contributed by atoms with E-state index in [1.54, 1.807) is 0 Å². The molecule has 120 valence electrons. The summed E-state index contributed by atoms with van der Waals surface area (Å²) in [6.07, 6.45) is 4.00. The fourth-order valence-corrected chi connectivity index (χ4v) is 4.82. The second-order valence-corrected chi connectivity index (χ2v) is 7.72. The third kappa shape index (κ3) is 2.93. The van der Waals surface area contributed by atoms with E-state index in [1.807, 2.05) is 41.1 Å². The van der Waals surface area contributed by atoms with Crippen molar-refractivity contribution < 1.29 is 0 Å². The number of hydrogen-bond acceptors (Lipinski definition) is 6. The van der Waals surface area contributed by atoms with Gasteiger partial charge in [0, 0.05) is 42.9 Å². The molecule has 23 heavy (non-hydrogen) atoms. The summed E-state index contributed by atoms with van der Waals surface area (Å²) < 4.78 is 2.54. The Bertz CT molecular complexity index is 883. The van der Waals surface area contributed by atoms with Crippen molar-refractivity contribution in [2.24, 2.45) is 7.05 Å². The van der Waals surface area contributed by atoms with Gasteiger partial charge in [-0.2, -0.15) is 16.9 Å². The van der Waals surface area contributed by atoms with Crippen LogP contribution in [-0.2, 0) is 13.6 Å². The van der Waals surface area contributed by atoms with Crippen LogP contribution in [0.1, 0.15) is 17.4 Å². The normalized spacial score (nSPS) is 19.4. The molecule has 1 aliphatic rings. The monoisotopic (exact) mass is 347 g/mol. The molecular weight excluding hydrogens is 330 g/mol. The van der Waals surface area contributed by atoms with Crippen molar-refractivity contribution in [3.63, 3.8) is 0 Å². The highest BCUT2D eigenvalue weighted by atomic mass is 32.2. The van der Waals surface area contributed by atoms with Crippen LogP contribution in [0.2, 0.25) is 0 Å². The van der Waals surface area contributed by atoms with E-state index in [9.17, 15) is 4.79 Å². The number of aromatic amines is 1. The molecule has 0 radical (unpaired) electrons. The van der Waals surface area contributed by atoms with E-state index in [0.717, 1.165) is 29.4 Å². The molecule has 8 heteroatoms. The standard InChI is InChI=1S/C15H17N5OS2/c1-19-7-10(6-16-19)12-9-22-5-3-20(12)8-13-17-11-2-4-23-14(11)15(21)18-13/h2,4,6-7,12H,3,5,8-9H2,1H3,(H,17,18,21)/t12-/m1/s1. The Kier molecular flexibility index (Phi) is 3.96. The van der Waals surface area contributed by atoms with Crippen LogP contribution in [0.3, 0.4) is 0 Å². The number of thiophene rings is 1. The lowest BCUT2D eigenvalue weighted by atomic mass is 10.1. The van der Waals surface area contributed by atoms with E-state index in [1.165, 1.54) is 16.9 Å². The van der Waals surface area contributed by atoms with Gasteiger partial charge in [-0.15, -0.1) is 11.3 Å². The van der Waals surface area contributed by atoms with Crippen LogP contribution in [0.25, 0.3) is 10.2 Å². The lowest BCUT2D eigenvalue weighted by molar-refractivity contribution is 0.207. The molecule has 6 nitrogen and oxygen atoms in total. The molecule has 0 unspecified atom stereocenters. The van der Waals surface area contributed by atoms with Crippen LogP contribution < -0.4 is 5.56 Å². The SMILES string of the molecule is Cn1cc([C@H]2CSCCN2Cc2nc3ccsc3c(=O)[nH]2)cn1. The summed E-state index contributed by atoms with van der Waals surface area (Å²) >= 11 is 3.39. The van der Waals surface area contributed by atoms with Crippen LogP contribution in [0.4, 0.5) is 0 Å². The summed E-state index contributed by atoms with van der Waals surface area (Å²) in [5.74, 6) is 2.87. The van der Waals surface area contributed by atoms with Crippen molar-refractivity contribution in [3.8, 4) is 0 Å². The zero-order chi connectivity index (χ0) is 15.8. The quantitative estimate of drug-likeness (QED) is 0.785. The smallest absolute Gasteiger partial charge is 0.268 e. The zero-order valence-electron chi connectivity index (χ0n) is 12.7. The number of fused-ring (bicyclic) bond motifs is 1. The summed E-state index contributed by atoms with van der Waals surface area (Å²) in [5, 5.41) is 6.20. The highest BCUT2D eigenvalue weighted by Gasteiger charge is 2.26. The van der Waals surface area contributed by atoms with Crippen LogP contribution in [0, 0.1) is 0 Å². The predicted molar refractivity (Wildman–Crippen MR) is 93.9 cm³/mol. The number of nitrogens with one attached hydrogen (secondary N) is 1. The van der Waals surface area contributed by atoms with Crippen molar-refractivity contribution in [2.75, 3.05) is 18.1 Å². The van der Waals surface area contributed by atoms with Crippen LogP contribution in [-0.4, -0.2) is 42.7 Å². The second-order valence-electron chi connectivity index (χ2n) is 5.66. The van der Waals surface area contributed by atoms with Gasteiger partial charge in [0.1, 0.15) is 10.5 Å². The molecule has 1 atom stereocenters. The molecule has 3 aromatic rings. The largest absolute Gasteiger partial charge is 0.308 e. The molecule has 1 N–H and O–H groups in total. The summed E-state index contributed by atoms with van der Waals surface area (Å²) in [5.41, 5.74) is 1.97. The molecule has 0 spiro atoms. The predicted octanol–water partition coefficient (Wildman–Crippen LogP) is 2.01. The molecule has 1 saturated heterocycles. The minimum Gasteiger partial charge on any atom is -0.308 e. The van der Waals surface area contributed by atoms with Gasteiger partial charge in [-0.1, -0.05) is 0 Å². The van der Waals surface area contributed by atoms with Crippen molar-refractivity contribution in [3.05, 3.63) is 45.6 Å². The average molecular weight is 347 g/mol. The number of thioether (sulfide) groups is 1. The highest BCUT2D eigenvalue weighted by Crippen LogP contribution is 2.30. The molecule has 0 bridgehead atoms. The Labute approximate surface area is 141 Å². The highest BCUT2D eigenvalue weighted by molar-refractivity contribution is 7.99. The van der Waals surface area contributed by atoms with Crippen molar-refractivity contribution in [1.82, 2.24) is 24.6 Å². The first-order chi connectivity index (χ1) is 11.2. The lowest BCUT2D eigenvalue weighted by Crippen LogP contribution is -2.36. The minimum atomic E-state index is -0.0377. The van der Waals surface area contributed by atoms with E-state index in [4.69, 9.17) is 0 Å². The Hall–Kier alpha value is -1.64. The third-order valence-electron chi connectivity index (χ3n) is 4.07. The summed E-state index contributed by atoms with van der Waals surface area (Å²) in [6, 6.07) is 2.22. The van der Waals surface area contributed by atoms with Gasteiger partial charge in [0.25, 0.3) is 5.56 Å². The van der Waals surface area contributed by atoms with Gasteiger partial charge < -0.3 is 4.98 Å². The second kappa shape index (κ2) is 6.10. The first-order valence-electron chi connectivity index (χ1n) is 7.47. The first kappa shape index (κ1) is 14.9. The molecule has 0 aromatic carbocycles. The van der Waals surface area contributed by atoms with E-state index >= 15 is 0 Å². The number of H-pyrrole nitrogens is 1. The van der Waals surface area contributed by atoms with E-state index in [2.05, 4.69) is 26.2 Å². The first-order valence-corrected chi connectivity index (χ1v) is 9.51. The summed E-state index contributed by atoms with van der Waals surface area (Å²) in [4.78, 5) is 22.1. The van der Waals surface area contributed by atoms with Gasteiger partial charge in [0.15, 0.2) is 0 Å². The number of aromatic nitrogens is 4. The molecule has 1 aliphatic heterocycles. The van der Waals surface area contributed by atoms with Crippen molar-refractivity contribution in [2.45, 2.75) is 12.6 Å². The minimum absolute atomic E-state index is 0.0377. The molecule has 1 fully saturated rings. The molecule has 4 heterocycles. The summed E-state index contributed by atoms with van der Waals surface area (Å²) in [6.45, 7) is 1.64. The van der Waals surface area contributed by atoms with E-state index in [0.29, 0.717) is 17.3 Å². The van der Waals surface area contributed by atoms with Gasteiger partial charge in [-0.3, -0.25) is 14.4 Å². The van der Waals surface area contributed by atoms with Crippen LogP contribution in [0.5, 0.6) is 0 Å². The molecule has 0 saturated carbocycles. The van der Waals surface area contributed by atoms with Gasteiger partial charge in [-0.05, 0) is 11.4 Å². The fraction of sp³-hybridized carbons (Fsp3) is 0.400. The topological polar surface area (TPSA) is 66.8 Å². The van der Waals surface area contributed by atoms with Gasteiger partial charge in [0.2, 0.25) is 0 Å². The molecular formula is C15H17N5OS2. The zero-order valence-corrected chi connectivity index (χ0v) is 14.4. The molecule has 4 rings (SSSR count). The number of rotatable bonds is 3. The summed E-state index contributed by atoms with van der Waals surface area (Å²) in [7, 11) is 1.94. The molecule has 0 amide bonds. The van der Waals surface area contributed by atoms with Crippen LogP contribution >= 0.6 is 23.1 Å². The Morgan fingerprint density at radius 3 is 3.22 bits per heavy atom. The Morgan fingerprint density at radius 1 is 1.48 bits per heavy atom. The maximum Gasteiger partial charge on any atom is 0.268 e. The van der Waals surface area contributed by atoms with E-state index < -0.39 is 0 Å². The fourth-order valence-electron chi connectivity index (χ4n) is 2.94. The van der Waals surface area contributed by atoms with Gasteiger partial charge in [-0.25, -0.2) is 4.98 Å². The maximum absolute atomic E-state index is 12.1. The number of hydrogen-bond donors (Lipinski definition) is 1. The molecule has 0 aliphatic carbocycles. The Morgan fingerprint density at radius 2 is 2.39 bits per heavy atom. The number of nitrogens with zero attached hydrogens (tertiary/aromatic N) is 4.